The van der Waals surface area contributed by atoms with Gasteiger partial charge in [0.15, 0.2) is 0 Å². The number of nitrogens with zero attached hydrogens (tertiary/aromatic N) is 1. The molecule has 0 spiro atoms. The molecule has 1 atom stereocenters. The van der Waals surface area contributed by atoms with Crippen LogP contribution in [0, 0.1) is 0 Å². The number of carbonyl (C=O) groups is 1. The van der Waals surface area contributed by atoms with Crippen molar-refractivity contribution in [3.63, 3.8) is 0 Å². The third-order valence-electron chi connectivity index (χ3n) is 2.48. The summed E-state index contributed by atoms with van der Waals surface area (Å²) in [5.41, 5.74) is 0. The number of unbranched alkanes of at least 4 members (excludes halogenated alkanes) is 1. The van der Waals surface area contributed by atoms with Crippen LogP contribution in [-0.4, -0.2) is 37.0 Å². The van der Waals surface area contributed by atoms with Gasteiger partial charge in [0.1, 0.15) is 6.23 Å². The topological polar surface area (TPSA) is 38.8 Å². The van der Waals surface area contributed by atoms with Crippen LogP contribution < -0.4 is 0 Å². The SMILES string of the molecule is CCCCN(C(=O)OC(C)C)C(CCC)OC. The van der Waals surface area contributed by atoms with Crippen LogP contribution in [0.3, 0.4) is 0 Å². The number of hydrogen-bond acceptors (Lipinski definition) is 3. The van der Waals surface area contributed by atoms with E-state index in [-0.39, 0.29) is 18.4 Å². The van der Waals surface area contributed by atoms with Crippen LogP contribution in [-0.2, 0) is 9.47 Å². The Labute approximate surface area is 105 Å². The molecule has 1 amide bonds. The minimum Gasteiger partial charge on any atom is -0.447 e. The van der Waals surface area contributed by atoms with Crippen LogP contribution in [0.4, 0.5) is 4.79 Å². The minimum atomic E-state index is -0.270. The normalized spacial score (nSPS) is 12.6. The van der Waals surface area contributed by atoms with Gasteiger partial charge in [0.25, 0.3) is 0 Å². The molecule has 0 heterocycles. The molecule has 0 N–H and O–H groups in total. The van der Waals surface area contributed by atoms with E-state index in [1.165, 1.54) is 0 Å². The smallest absolute Gasteiger partial charge is 0.412 e. The molecular weight excluding hydrogens is 218 g/mol. The molecule has 4 nitrogen and oxygen atoms in total. The lowest BCUT2D eigenvalue weighted by atomic mass is 10.2. The van der Waals surface area contributed by atoms with Crippen molar-refractivity contribution in [2.45, 2.75) is 65.7 Å². The van der Waals surface area contributed by atoms with Gasteiger partial charge in [0, 0.05) is 13.7 Å². The molecule has 0 aromatic rings. The molecule has 0 aliphatic rings. The van der Waals surface area contributed by atoms with Crippen LogP contribution in [0.25, 0.3) is 0 Å². The lowest BCUT2D eigenvalue weighted by Crippen LogP contribution is -2.43. The van der Waals surface area contributed by atoms with Gasteiger partial charge in [-0.3, -0.25) is 4.90 Å². The Kier molecular flexibility index (Phi) is 8.86. The Balaban J connectivity index is 4.52. The van der Waals surface area contributed by atoms with Crippen LogP contribution in [0.5, 0.6) is 0 Å². The van der Waals surface area contributed by atoms with E-state index >= 15 is 0 Å². The van der Waals surface area contributed by atoms with Crippen molar-refractivity contribution in [3.05, 3.63) is 0 Å². The highest BCUT2D eigenvalue weighted by atomic mass is 16.6. The number of ether oxygens (including phenoxy) is 2. The van der Waals surface area contributed by atoms with Crippen molar-refractivity contribution >= 4 is 6.09 Å². The van der Waals surface area contributed by atoms with E-state index in [2.05, 4.69) is 13.8 Å². The molecule has 0 saturated carbocycles. The van der Waals surface area contributed by atoms with Gasteiger partial charge in [-0.05, 0) is 26.7 Å². The number of methoxy groups -OCH3 is 1. The van der Waals surface area contributed by atoms with Gasteiger partial charge in [-0.25, -0.2) is 4.79 Å². The van der Waals surface area contributed by atoms with Crippen LogP contribution in [0.1, 0.15) is 53.4 Å². The second kappa shape index (κ2) is 9.28. The van der Waals surface area contributed by atoms with Gasteiger partial charge in [-0.15, -0.1) is 0 Å². The quantitative estimate of drug-likeness (QED) is 0.615. The summed E-state index contributed by atoms with van der Waals surface area (Å²) in [6.45, 7) is 8.60. The molecule has 17 heavy (non-hydrogen) atoms. The van der Waals surface area contributed by atoms with Crippen LogP contribution >= 0.6 is 0 Å². The maximum atomic E-state index is 12.0. The Morgan fingerprint density at radius 1 is 1.24 bits per heavy atom. The largest absolute Gasteiger partial charge is 0.447 e. The van der Waals surface area contributed by atoms with Gasteiger partial charge in [0.05, 0.1) is 6.10 Å². The van der Waals surface area contributed by atoms with E-state index in [1.807, 2.05) is 13.8 Å². The average Bonchev–Trinajstić information content (AvgIpc) is 2.27. The van der Waals surface area contributed by atoms with Crippen LogP contribution in [0.2, 0.25) is 0 Å². The van der Waals surface area contributed by atoms with E-state index < -0.39 is 0 Å². The molecule has 0 rings (SSSR count). The standard InChI is InChI=1S/C13H27NO3/c1-6-8-10-14(12(16-5)9-7-2)13(15)17-11(3)4/h11-12H,6-10H2,1-5H3. The number of carbonyl (C=O) groups excluding carboxylic acids is 1. The molecule has 0 aliphatic heterocycles. The second-order valence-electron chi connectivity index (χ2n) is 4.46. The summed E-state index contributed by atoms with van der Waals surface area (Å²) < 4.78 is 10.6. The van der Waals surface area contributed by atoms with Crippen LogP contribution in [0.15, 0.2) is 0 Å². The highest BCUT2D eigenvalue weighted by molar-refractivity contribution is 5.68. The second-order valence-corrected chi connectivity index (χ2v) is 4.46. The third kappa shape index (κ3) is 6.51. The van der Waals surface area contributed by atoms with Gasteiger partial charge < -0.3 is 9.47 Å². The van der Waals surface area contributed by atoms with Crippen molar-refractivity contribution in [1.29, 1.82) is 0 Å². The molecule has 0 radical (unpaired) electrons. The predicted molar refractivity (Wildman–Crippen MR) is 68.9 cm³/mol. The maximum absolute atomic E-state index is 12.0. The van der Waals surface area contributed by atoms with Gasteiger partial charge in [0.2, 0.25) is 0 Å². The first-order valence-electron chi connectivity index (χ1n) is 6.56. The fourth-order valence-corrected chi connectivity index (χ4v) is 1.60. The van der Waals surface area contributed by atoms with Crippen molar-refractivity contribution < 1.29 is 14.3 Å². The number of hydrogen-bond donors (Lipinski definition) is 0. The summed E-state index contributed by atoms with van der Waals surface area (Å²) in [4.78, 5) is 13.7. The van der Waals surface area contributed by atoms with Crippen molar-refractivity contribution in [2.24, 2.45) is 0 Å². The number of amides is 1. The third-order valence-corrected chi connectivity index (χ3v) is 2.48. The zero-order valence-corrected chi connectivity index (χ0v) is 11.9. The zero-order chi connectivity index (χ0) is 13.3. The first-order chi connectivity index (χ1) is 8.06. The van der Waals surface area contributed by atoms with E-state index in [4.69, 9.17) is 9.47 Å². The summed E-state index contributed by atoms with van der Waals surface area (Å²) in [7, 11) is 1.64. The Bertz CT molecular complexity index is 207. The highest BCUT2D eigenvalue weighted by Gasteiger charge is 2.24. The zero-order valence-electron chi connectivity index (χ0n) is 11.9. The summed E-state index contributed by atoms with van der Waals surface area (Å²) in [6.07, 6.45) is 3.31. The van der Waals surface area contributed by atoms with Crippen molar-refractivity contribution in [2.75, 3.05) is 13.7 Å². The molecule has 0 aromatic carbocycles. The van der Waals surface area contributed by atoms with Crippen molar-refractivity contribution in [3.8, 4) is 0 Å². The Morgan fingerprint density at radius 3 is 2.29 bits per heavy atom. The molecule has 102 valence electrons. The van der Waals surface area contributed by atoms with Crippen molar-refractivity contribution in [1.82, 2.24) is 4.90 Å². The van der Waals surface area contributed by atoms with Gasteiger partial charge in [-0.1, -0.05) is 26.7 Å². The molecule has 0 aliphatic carbocycles. The predicted octanol–water partition coefficient (Wildman–Crippen LogP) is 3.41. The molecule has 0 aromatic heterocycles. The fourth-order valence-electron chi connectivity index (χ4n) is 1.60. The highest BCUT2D eigenvalue weighted by Crippen LogP contribution is 2.12. The Hall–Kier alpha value is -0.770. The molecule has 1 unspecified atom stereocenters. The monoisotopic (exact) mass is 245 g/mol. The lowest BCUT2D eigenvalue weighted by Gasteiger charge is -2.30. The molecule has 0 bridgehead atoms. The summed E-state index contributed by atoms with van der Waals surface area (Å²) in [5, 5.41) is 0. The van der Waals surface area contributed by atoms with Gasteiger partial charge in [-0.2, -0.15) is 0 Å². The first-order valence-corrected chi connectivity index (χ1v) is 6.56. The summed E-state index contributed by atoms with van der Waals surface area (Å²) >= 11 is 0. The van der Waals surface area contributed by atoms with E-state index in [9.17, 15) is 4.79 Å². The molecule has 4 heteroatoms. The average molecular weight is 245 g/mol. The first kappa shape index (κ1) is 16.2. The lowest BCUT2D eigenvalue weighted by molar-refractivity contribution is -0.0399. The minimum absolute atomic E-state index is 0.0919. The summed E-state index contributed by atoms with van der Waals surface area (Å²) in [5.74, 6) is 0. The number of rotatable bonds is 8. The van der Waals surface area contributed by atoms with E-state index in [0.717, 1.165) is 25.7 Å². The van der Waals surface area contributed by atoms with E-state index in [0.29, 0.717) is 6.54 Å². The molecular formula is C13H27NO3. The molecule has 0 saturated heterocycles. The summed E-state index contributed by atoms with van der Waals surface area (Å²) in [6, 6.07) is 0. The maximum Gasteiger partial charge on any atom is 0.412 e. The van der Waals surface area contributed by atoms with Gasteiger partial charge >= 0.3 is 6.09 Å². The fraction of sp³-hybridized carbons (Fsp3) is 0.923. The molecule has 0 fully saturated rings. The Morgan fingerprint density at radius 2 is 1.88 bits per heavy atom. The van der Waals surface area contributed by atoms with E-state index in [1.54, 1.807) is 12.0 Å².